The fourth-order valence-electron chi connectivity index (χ4n) is 1.10. The highest BCUT2D eigenvalue weighted by atomic mass is 127. The molecule has 0 aliphatic rings. The smallest absolute Gasteiger partial charge is 0.166 e. The zero-order valence-electron chi connectivity index (χ0n) is 7.53. The summed E-state index contributed by atoms with van der Waals surface area (Å²) in [5.41, 5.74) is 0.0313. The topological polar surface area (TPSA) is 0 Å². The molecule has 1 aromatic rings. The second kappa shape index (κ2) is 4.08. The summed E-state index contributed by atoms with van der Waals surface area (Å²) in [5.74, 6) is -0.135. The van der Waals surface area contributed by atoms with E-state index in [2.05, 4.69) is 6.92 Å². The van der Waals surface area contributed by atoms with Crippen molar-refractivity contribution in [1.82, 2.24) is 0 Å². The summed E-state index contributed by atoms with van der Waals surface area (Å²) in [4.78, 5) is 0. The Hall–Kier alpha value is -0.260. The number of alkyl halides is 3. The molecule has 0 nitrogen and oxygen atoms in total. The van der Waals surface area contributed by atoms with Gasteiger partial charge in [0, 0.05) is 3.57 Å². The Bertz CT molecular complexity index is 329. The van der Waals surface area contributed by atoms with Crippen LogP contribution in [0.1, 0.15) is 24.0 Å². The second-order valence-corrected chi connectivity index (χ2v) is 4.30. The molecule has 77 valence electrons. The molecule has 0 amide bonds. The molecule has 0 fully saturated rings. The molecule has 0 saturated heterocycles. The van der Waals surface area contributed by atoms with Crippen LogP contribution in [0.5, 0.6) is 0 Å². The van der Waals surface area contributed by atoms with Gasteiger partial charge in [0.25, 0.3) is 0 Å². The third-order valence-corrected chi connectivity index (χ3v) is 2.84. The van der Waals surface area contributed by atoms with E-state index in [1.807, 2.05) is 22.6 Å². The lowest BCUT2D eigenvalue weighted by Gasteiger charge is -2.12. The maximum atomic E-state index is 12.3. The first-order valence-corrected chi connectivity index (χ1v) is 5.10. The van der Waals surface area contributed by atoms with Gasteiger partial charge in [0.1, 0.15) is 0 Å². The fourth-order valence-corrected chi connectivity index (χ4v) is 1.96. The van der Waals surface area contributed by atoms with Crippen molar-refractivity contribution in [3.05, 3.63) is 39.8 Å². The molecule has 1 radical (unpaired) electrons. The lowest BCUT2D eigenvalue weighted by Crippen LogP contribution is -2.06. The van der Waals surface area contributed by atoms with E-state index >= 15 is 0 Å². The van der Waals surface area contributed by atoms with Crippen molar-refractivity contribution in [3.63, 3.8) is 0 Å². The molecule has 0 spiro atoms. The van der Waals surface area contributed by atoms with Crippen molar-refractivity contribution < 1.29 is 13.2 Å². The first-order valence-electron chi connectivity index (χ1n) is 4.02. The van der Waals surface area contributed by atoms with Crippen molar-refractivity contribution in [1.29, 1.82) is 0 Å². The summed E-state index contributed by atoms with van der Waals surface area (Å²) in [5, 5.41) is 0. The van der Waals surface area contributed by atoms with E-state index in [0.29, 0.717) is 5.56 Å². The first-order chi connectivity index (χ1) is 6.32. The highest BCUT2D eigenvalue weighted by Gasteiger charge is 2.30. The molecule has 0 aliphatic heterocycles. The van der Waals surface area contributed by atoms with E-state index in [4.69, 9.17) is 0 Å². The largest absolute Gasteiger partial charge is 0.416 e. The monoisotopic (exact) mass is 313 g/mol. The van der Waals surface area contributed by atoms with E-state index in [9.17, 15) is 13.2 Å². The molecule has 0 N–H and O–H groups in total. The third-order valence-electron chi connectivity index (χ3n) is 1.85. The minimum Gasteiger partial charge on any atom is -0.166 e. The van der Waals surface area contributed by atoms with Gasteiger partial charge in [-0.25, -0.2) is 0 Å². The molecule has 0 bridgehead atoms. The van der Waals surface area contributed by atoms with Crippen molar-refractivity contribution in [2.24, 2.45) is 0 Å². The van der Waals surface area contributed by atoms with Crippen molar-refractivity contribution in [3.8, 4) is 0 Å². The Balaban J connectivity index is 3.20. The predicted octanol–water partition coefficient (Wildman–Crippen LogP) is 4.25. The van der Waals surface area contributed by atoms with E-state index in [1.165, 1.54) is 12.1 Å². The molecule has 4 heteroatoms. The summed E-state index contributed by atoms with van der Waals surface area (Å²) < 4.78 is 37.8. The van der Waals surface area contributed by atoms with Crippen molar-refractivity contribution >= 4 is 22.6 Å². The molecule has 0 aromatic heterocycles. The van der Waals surface area contributed by atoms with Crippen LogP contribution in [-0.4, -0.2) is 0 Å². The Morgan fingerprint density at radius 2 is 1.93 bits per heavy atom. The van der Waals surface area contributed by atoms with E-state index in [0.717, 1.165) is 9.64 Å². The zero-order valence-corrected chi connectivity index (χ0v) is 9.69. The van der Waals surface area contributed by atoms with Crippen molar-refractivity contribution in [2.75, 3.05) is 0 Å². The molecule has 1 atom stereocenters. The van der Waals surface area contributed by atoms with Crippen LogP contribution in [-0.2, 0) is 6.18 Å². The van der Waals surface area contributed by atoms with Gasteiger partial charge in [0.15, 0.2) is 0 Å². The average Bonchev–Trinajstić information content (AvgIpc) is 2.02. The number of hydrogen-bond donors (Lipinski definition) is 0. The average molecular weight is 313 g/mol. The van der Waals surface area contributed by atoms with Gasteiger partial charge in [-0.15, -0.1) is 0 Å². The zero-order chi connectivity index (χ0) is 10.9. The SMILES string of the molecule is [CH2]C(C)c1cc(C(F)(F)F)ccc1I. The second-order valence-electron chi connectivity index (χ2n) is 3.14. The Labute approximate surface area is 94.6 Å². The lowest BCUT2D eigenvalue weighted by atomic mass is 10.0. The predicted molar refractivity (Wildman–Crippen MR) is 57.9 cm³/mol. The minimum absolute atomic E-state index is 0.135. The van der Waals surface area contributed by atoms with Crippen LogP contribution in [0, 0.1) is 10.5 Å². The van der Waals surface area contributed by atoms with E-state index in [-0.39, 0.29) is 5.92 Å². The van der Waals surface area contributed by atoms with Crippen LogP contribution in [0.25, 0.3) is 0 Å². The summed E-state index contributed by atoms with van der Waals surface area (Å²) >= 11 is 2.01. The van der Waals surface area contributed by atoms with Crippen LogP contribution in [0.15, 0.2) is 18.2 Å². The van der Waals surface area contributed by atoms with Gasteiger partial charge in [0.2, 0.25) is 0 Å². The quantitative estimate of drug-likeness (QED) is 0.680. The van der Waals surface area contributed by atoms with Gasteiger partial charge in [-0.3, -0.25) is 0 Å². The molecule has 0 aliphatic carbocycles. The standard InChI is InChI=1S/C10H9F3I/c1-6(2)8-5-7(10(11,12)13)3-4-9(8)14/h3-6H,1H2,2H3. The van der Waals surface area contributed by atoms with Gasteiger partial charge in [-0.05, 0) is 59.2 Å². The molecule has 1 unspecified atom stereocenters. The van der Waals surface area contributed by atoms with Gasteiger partial charge in [-0.2, -0.15) is 13.2 Å². The molecule has 0 saturated carbocycles. The van der Waals surface area contributed by atoms with Gasteiger partial charge < -0.3 is 0 Å². The Morgan fingerprint density at radius 3 is 2.36 bits per heavy atom. The molecular weight excluding hydrogens is 304 g/mol. The van der Waals surface area contributed by atoms with Gasteiger partial charge >= 0.3 is 6.18 Å². The lowest BCUT2D eigenvalue weighted by molar-refractivity contribution is -0.137. The maximum absolute atomic E-state index is 12.3. The van der Waals surface area contributed by atoms with E-state index in [1.54, 1.807) is 6.92 Å². The van der Waals surface area contributed by atoms with E-state index < -0.39 is 11.7 Å². The Morgan fingerprint density at radius 1 is 1.36 bits per heavy atom. The highest BCUT2D eigenvalue weighted by Crippen LogP contribution is 2.32. The molecular formula is C10H9F3I. The summed E-state index contributed by atoms with van der Waals surface area (Å²) in [6.45, 7) is 5.50. The van der Waals surface area contributed by atoms with Crippen LogP contribution in [0.2, 0.25) is 0 Å². The first kappa shape index (κ1) is 11.8. The normalized spacial score (nSPS) is 12.2. The van der Waals surface area contributed by atoms with Crippen LogP contribution in [0.4, 0.5) is 13.2 Å². The van der Waals surface area contributed by atoms with Crippen LogP contribution < -0.4 is 0 Å². The minimum atomic E-state index is -4.27. The number of benzene rings is 1. The third kappa shape index (κ3) is 2.62. The molecule has 0 heterocycles. The maximum Gasteiger partial charge on any atom is 0.416 e. The van der Waals surface area contributed by atoms with Gasteiger partial charge in [0.05, 0.1) is 5.56 Å². The van der Waals surface area contributed by atoms with Crippen LogP contribution in [0.3, 0.4) is 0 Å². The summed E-state index contributed by atoms with van der Waals surface area (Å²) in [6, 6.07) is 3.73. The highest BCUT2D eigenvalue weighted by molar-refractivity contribution is 14.1. The molecule has 1 aromatic carbocycles. The van der Waals surface area contributed by atoms with Crippen molar-refractivity contribution in [2.45, 2.75) is 19.0 Å². The summed E-state index contributed by atoms with van der Waals surface area (Å²) in [6.07, 6.45) is -4.27. The summed E-state index contributed by atoms with van der Waals surface area (Å²) in [7, 11) is 0. The molecule has 1 rings (SSSR count). The fraction of sp³-hybridized carbons (Fsp3) is 0.300. The number of rotatable bonds is 1. The Kier molecular flexibility index (Phi) is 3.44. The molecule has 14 heavy (non-hydrogen) atoms. The van der Waals surface area contributed by atoms with Crippen LogP contribution >= 0.6 is 22.6 Å². The number of halogens is 4. The number of hydrogen-bond acceptors (Lipinski definition) is 0. The van der Waals surface area contributed by atoms with Gasteiger partial charge in [-0.1, -0.05) is 6.92 Å².